The fourth-order valence-corrected chi connectivity index (χ4v) is 3.37. The molecule has 0 bridgehead atoms. The molecule has 1 aliphatic heterocycles. The lowest BCUT2D eigenvalue weighted by Crippen LogP contribution is -2.51. The predicted molar refractivity (Wildman–Crippen MR) is 96.2 cm³/mol. The highest BCUT2D eigenvalue weighted by atomic mass is 32.1. The average Bonchev–Trinajstić information content (AvgIpc) is 3.16. The van der Waals surface area contributed by atoms with E-state index in [0.717, 1.165) is 37.7 Å². The summed E-state index contributed by atoms with van der Waals surface area (Å²) in [6.07, 6.45) is 3.49. The highest BCUT2D eigenvalue weighted by Gasteiger charge is 2.24. The van der Waals surface area contributed by atoms with Crippen LogP contribution in [0.25, 0.3) is 0 Å². The second kappa shape index (κ2) is 7.14. The largest absolute Gasteiger partial charge is 0.383 e. The van der Waals surface area contributed by atoms with Crippen LogP contribution in [0.2, 0.25) is 0 Å². The number of anilines is 1. The van der Waals surface area contributed by atoms with E-state index in [4.69, 9.17) is 5.73 Å². The van der Waals surface area contributed by atoms with Crippen molar-refractivity contribution in [2.24, 2.45) is 10.7 Å². The first-order chi connectivity index (χ1) is 11.6. The van der Waals surface area contributed by atoms with Crippen molar-refractivity contribution in [3.05, 3.63) is 40.8 Å². The average molecular weight is 346 g/mol. The lowest BCUT2D eigenvalue weighted by Gasteiger charge is -2.35. The second-order valence-electron chi connectivity index (χ2n) is 5.98. The molecule has 1 fully saturated rings. The highest BCUT2D eigenvalue weighted by Crippen LogP contribution is 2.23. The third-order valence-electron chi connectivity index (χ3n) is 4.13. The van der Waals surface area contributed by atoms with Gasteiger partial charge in [-0.1, -0.05) is 0 Å². The number of hydrogen-bond acceptors (Lipinski definition) is 6. The van der Waals surface area contributed by atoms with Crippen LogP contribution in [0.4, 0.5) is 5.95 Å². The van der Waals surface area contributed by atoms with Crippen molar-refractivity contribution in [3.8, 4) is 0 Å². The van der Waals surface area contributed by atoms with E-state index in [9.17, 15) is 5.11 Å². The molecule has 3 N–H and O–H groups in total. The van der Waals surface area contributed by atoms with Crippen molar-refractivity contribution >= 4 is 23.2 Å². The van der Waals surface area contributed by atoms with Crippen molar-refractivity contribution in [3.63, 3.8) is 0 Å². The van der Waals surface area contributed by atoms with Gasteiger partial charge in [0.2, 0.25) is 5.95 Å². The second-order valence-corrected chi connectivity index (χ2v) is 6.76. The molecule has 1 aliphatic rings. The Morgan fingerprint density at radius 1 is 1.33 bits per heavy atom. The maximum atomic E-state index is 10.5. The minimum absolute atomic E-state index is 0.248. The Hall–Kier alpha value is -2.19. The summed E-state index contributed by atoms with van der Waals surface area (Å²) >= 11 is 1.56. The number of piperazine rings is 1. The van der Waals surface area contributed by atoms with Gasteiger partial charge in [0.25, 0.3) is 0 Å². The number of nitrogens with two attached hydrogens (primary N) is 1. The number of rotatable bonds is 4. The van der Waals surface area contributed by atoms with Crippen LogP contribution in [0.1, 0.15) is 12.5 Å². The van der Waals surface area contributed by atoms with E-state index >= 15 is 0 Å². The quantitative estimate of drug-likeness (QED) is 0.631. The van der Waals surface area contributed by atoms with Gasteiger partial charge in [-0.2, -0.15) is 11.3 Å². The Morgan fingerprint density at radius 3 is 2.67 bits per heavy atom. The molecule has 3 heterocycles. The molecular weight excluding hydrogens is 324 g/mol. The van der Waals surface area contributed by atoms with E-state index in [1.165, 1.54) is 0 Å². The number of guanidine groups is 1. The van der Waals surface area contributed by atoms with Gasteiger partial charge in [-0.25, -0.2) is 15.0 Å². The van der Waals surface area contributed by atoms with Crippen LogP contribution in [0.5, 0.6) is 0 Å². The van der Waals surface area contributed by atoms with Crippen molar-refractivity contribution in [1.29, 1.82) is 0 Å². The molecule has 0 spiro atoms. The monoisotopic (exact) mass is 346 g/mol. The third kappa shape index (κ3) is 3.82. The Labute approximate surface area is 145 Å². The minimum Gasteiger partial charge on any atom is -0.383 e. The van der Waals surface area contributed by atoms with Crippen molar-refractivity contribution in [2.75, 3.05) is 37.6 Å². The first-order valence-electron chi connectivity index (χ1n) is 7.88. The van der Waals surface area contributed by atoms with E-state index in [0.29, 0.717) is 5.96 Å². The van der Waals surface area contributed by atoms with Gasteiger partial charge in [-0.3, -0.25) is 0 Å². The molecule has 24 heavy (non-hydrogen) atoms. The van der Waals surface area contributed by atoms with E-state index in [1.807, 2.05) is 27.8 Å². The summed E-state index contributed by atoms with van der Waals surface area (Å²) in [5, 5.41) is 14.4. The molecule has 0 amide bonds. The highest BCUT2D eigenvalue weighted by molar-refractivity contribution is 7.08. The Morgan fingerprint density at radius 2 is 2.04 bits per heavy atom. The van der Waals surface area contributed by atoms with Gasteiger partial charge in [0, 0.05) is 38.6 Å². The van der Waals surface area contributed by atoms with Gasteiger partial charge in [-0.05, 0) is 35.4 Å². The summed E-state index contributed by atoms with van der Waals surface area (Å²) in [6.45, 7) is 5.11. The summed E-state index contributed by atoms with van der Waals surface area (Å²) in [5.41, 5.74) is 5.99. The summed E-state index contributed by atoms with van der Waals surface area (Å²) < 4.78 is 0. The lowest BCUT2D eigenvalue weighted by atomic mass is 10.00. The van der Waals surface area contributed by atoms with Crippen LogP contribution in [-0.2, 0) is 5.60 Å². The molecule has 7 nitrogen and oxygen atoms in total. The van der Waals surface area contributed by atoms with Gasteiger partial charge in [0.15, 0.2) is 5.96 Å². The maximum absolute atomic E-state index is 10.5. The van der Waals surface area contributed by atoms with E-state index in [-0.39, 0.29) is 6.54 Å². The van der Waals surface area contributed by atoms with Crippen LogP contribution in [0.3, 0.4) is 0 Å². The zero-order valence-electron chi connectivity index (χ0n) is 13.7. The zero-order valence-corrected chi connectivity index (χ0v) is 14.5. The molecule has 3 rings (SSSR count). The predicted octanol–water partition coefficient (Wildman–Crippen LogP) is 0.883. The van der Waals surface area contributed by atoms with Gasteiger partial charge in [-0.15, -0.1) is 0 Å². The summed E-state index contributed by atoms with van der Waals surface area (Å²) in [4.78, 5) is 17.1. The topological polar surface area (TPSA) is 90.9 Å². The SMILES string of the molecule is CC(O)(CN=C(N)N1CCN(c2ncccn2)CC1)c1ccsc1. The Kier molecular flexibility index (Phi) is 4.96. The Balaban J connectivity index is 1.56. The van der Waals surface area contributed by atoms with E-state index in [2.05, 4.69) is 19.9 Å². The maximum Gasteiger partial charge on any atom is 0.225 e. The molecule has 0 aromatic carbocycles. The standard InChI is InChI=1S/C16H22N6OS/c1-16(23,13-3-10-24-11-13)12-20-14(17)21-6-8-22(9-7-21)15-18-4-2-5-19-15/h2-5,10-11,23H,6-9,12H2,1H3,(H2,17,20). The smallest absolute Gasteiger partial charge is 0.225 e. The zero-order chi connectivity index (χ0) is 17.0. The first-order valence-corrected chi connectivity index (χ1v) is 8.82. The summed E-state index contributed by atoms with van der Waals surface area (Å²) in [7, 11) is 0. The molecule has 0 radical (unpaired) electrons. The van der Waals surface area contributed by atoms with Crippen LogP contribution >= 0.6 is 11.3 Å². The third-order valence-corrected chi connectivity index (χ3v) is 4.81. The molecule has 0 aliphatic carbocycles. The van der Waals surface area contributed by atoms with Crippen LogP contribution < -0.4 is 10.6 Å². The van der Waals surface area contributed by atoms with Crippen molar-refractivity contribution < 1.29 is 5.11 Å². The molecule has 0 saturated carbocycles. The molecule has 1 atom stereocenters. The summed E-state index contributed by atoms with van der Waals surface area (Å²) in [6, 6.07) is 3.72. The first kappa shape index (κ1) is 16.7. The molecule has 2 aromatic heterocycles. The van der Waals surface area contributed by atoms with Gasteiger partial charge in [0.1, 0.15) is 5.60 Å². The van der Waals surface area contributed by atoms with Crippen LogP contribution in [0, 0.1) is 0 Å². The van der Waals surface area contributed by atoms with Crippen LogP contribution in [-0.4, -0.2) is 58.7 Å². The number of aliphatic hydroxyl groups is 1. The molecule has 128 valence electrons. The van der Waals surface area contributed by atoms with E-state index in [1.54, 1.807) is 30.7 Å². The number of aromatic nitrogens is 2. The number of thiophene rings is 1. The molecule has 1 unspecified atom stereocenters. The molecular formula is C16H22N6OS. The van der Waals surface area contributed by atoms with Gasteiger partial charge < -0.3 is 20.6 Å². The van der Waals surface area contributed by atoms with Crippen molar-refractivity contribution in [2.45, 2.75) is 12.5 Å². The molecule has 1 saturated heterocycles. The Bertz CT molecular complexity index is 665. The normalized spacial score (nSPS) is 18.5. The van der Waals surface area contributed by atoms with Gasteiger partial charge >= 0.3 is 0 Å². The van der Waals surface area contributed by atoms with E-state index < -0.39 is 5.60 Å². The van der Waals surface area contributed by atoms with Gasteiger partial charge in [0.05, 0.1) is 6.54 Å². The minimum atomic E-state index is -0.996. The number of aliphatic imine (C=N–C) groups is 1. The van der Waals surface area contributed by atoms with Crippen LogP contribution in [0.15, 0.2) is 40.3 Å². The summed E-state index contributed by atoms with van der Waals surface area (Å²) in [5.74, 6) is 1.21. The number of hydrogen-bond donors (Lipinski definition) is 2. The van der Waals surface area contributed by atoms with Crippen molar-refractivity contribution in [1.82, 2.24) is 14.9 Å². The molecule has 2 aromatic rings. The fraction of sp³-hybridized carbons (Fsp3) is 0.438. The number of nitrogens with zero attached hydrogens (tertiary/aromatic N) is 5. The lowest BCUT2D eigenvalue weighted by molar-refractivity contribution is 0.0675. The fourth-order valence-electron chi connectivity index (χ4n) is 2.59. The molecule has 8 heteroatoms.